The molecule has 116 valence electrons. The summed E-state index contributed by atoms with van der Waals surface area (Å²) in [6, 6.07) is 12.8. The van der Waals surface area contributed by atoms with E-state index in [0.717, 1.165) is 0 Å². The maximum atomic E-state index is 12.1. The van der Waals surface area contributed by atoms with Gasteiger partial charge in [-0.2, -0.15) is 5.26 Å². The molecule has 0 aliphatic rings. The minimum Gasteiger partial charge on any atom is -0.506 e. The number of rotatable bonds is 4. The van der Waals surface area contributed by atoms with E-state index in [1.54, 1.807) is 30.3 Å². The summed E-state index contributed by atoms with van der Waals surface area (Å²) in [5.74, 6) is -0.654. The topological polar surface area (TPSA) is 85.2 Å². The standard InChI is InChI=1S/C16H11Cl2N3O2/c17-11-5-6-12(18)14(7-11)21-16(23)10(8-19)9-20-13-3-1-2-4-15(13)22/h1-7,9,20,22H,(H,21,23)/b10-9-. The number of halogens is 2. The van der Waals surface area contributed by atoms with Crippen LogP contribution in [0.25, 0.3) is 0 Å². The van der Waals surface area contributed by atoms with E-state index in [1.165, 1.54) is 24.4 Å². The quantitative estimate of drug-likeness (QED) is 0.440. The summed E-state index contributed by atoms with van der Waals surface area (Å²) in [5.41, 5.74) is 0.478. The van der Waals surface area contributed by atoms with Crippen LogP contribution in [0.15, 0.2) is 54.2 Å². The number of benzene rings is 2. The number of nitrogens with one attached hydrogen (secondary N) is 2. The number of para-hydroxylation sites is 2. The van der Waals surface area contributed by atoms with Gasteiger partial charge in [0.05, 0.1) is 16.4 Å². The van der Waals surface area contributed by atoms with E-state index in [1.807, 2.05) is 0 Å². The molecule has 23 heavy (non-hydrogen) atoms. The van der Waals surface area contributed by atoms with Crippen molar-refractivity contribution in [2.45, 2.75) is 0 Å². The van der Waals surface area contributed by atoms with Crippen LogP contribution in [0.3, 0.4) is 0 Å². The zero-order valence-corrected chi connectivity index (χ0v) is 13.2. The van der Waals surface area contributed by atoms with E-state index < -0.39 is 5.91 Å². The molecule has 0 saturated carbocycles. The number of hydrogen-bond acceptors (Lipinski definition) is 4. The molecule has 0 aliphatic carbocycles. The van der Waals surface area contributed by atoms with Crippen LogP contribution >= 0.6 is 23.2 Å². The van der Waals surface area contributed by atoms with Crippen LogP contribution in [-0.2, 0) is 4.79 Å². The smallest absolute Gasteiger partial charge is 0.267 e. The molecule has 2 aromatic rings. The van der Waals surface area contributed by atoms with Crippen molar-refractivity contribution in [1.29, 1.82) is 5.26 Å². The van der Waals surface area contributed by atoms with Crippen LogP contribution in [0.4, 0.5) is 11.4 Å². The Morgan fingerprint density at radius 1 is 1.17 bits per heavy atom. The monoisotopic (exact) mass is 347 g/mol. The molecule has 0 fully saturated rings. The predicted molar refractivity (Wildman–Crippen MR) is 90.5 cm³/mol. The lowest BCUT2D eigenvalue weighted by Gasteiger charge is -2.08. The van der Waals surface area contributed by atoms with Crippen LogP contribution < -0.4 is 10.6 Å². The van der Waals surface area contributed by atoms with Gasteiger partial charge in [-0.1, -0.05) is 35.3 Å². The van der Waals surface area contributed by atoms with Crippen LogP contribution in [-0.4, -0.2) is 11.0 Å². The highest BCUT2D eigenvalue weighted by Gasteiger charge is 2.12. The normalized spacial score (nSPS) is 10.7. The average molecular weight is 348 g/mol. The molecule has 0 aliphatic heterocycles. The number of carbonyl (C=O) groups excluding carboxylic acids is 1. The summed E-state index contributed by atoms with van der Waals surface area (Å²) in [5, 5.41) is 24.6. The van der Waals surface area contributed by atoms with Gasteiger partial charge in [-0.15, -0.1) is 0 Å². The van der Waals surface area contributed by atoms with Crippen molar-refractivity contribution in [3.8, 4) is 11.8 Å². The zero-order chi connectivity index (χ0) is 16.8. The fourth-order valence-corrected chi connectivity index (χ4v) is 2.01. The van der Waals surface area contributed by atoms with Crippen molar-refractivity contribution >= 4 is 40.5 Å². The SMILES string of the molecule is N#C/C(=C/Nc1ccccc1O)C(=O)Nc1cc(Cl)ccc1Cl. The Morgan fingerprint density at radius 3 is 2.61 bits per heavy atom. The Hall–Kier alpha value is -2.68. The summed E-state index contributed by atoms with van der Waals surface area (Å²) in [7, 11) is 0. The van der Waals surface area contributed by atoms with E-state index >= 15 is 0 Å². The highest BCUT2D eigenvalue weighted by molar-refractivity contribution is 6.35. The van der Waals surface area contributed by atoms with Gasteiger partial charge in [-0.25, -0.2) is 0 Å². The molecule has 7 heteroatoms. The maximum absolute atomic E-state index is 12.1. The van der Waals surface area contributed by atoms with Gasteiger partial charge in [0, 0.05) is 11.2 Å². The van der Waals surface area contributed by atoms with E-state index in [2.05, 4.69) is 10.6 Å². The van der Waals surface area contributed by atoms with Gasteiger partial charge in [-0.3, -0.25) is 4.79 Å². The first-order valence-electron chi connectivity index (χ1n) is 6.42. The molecular weight excluding hydrogens is 337 g/mol. The molecule has 5 nitrogen and oxygen atoms in total. The molecule has 1 amide bonds. The molecule has 0 spiro atoms. The highest BCUT2D eigenvalue weighted by Crippen LogP contribution is 2.26. The van der Waals surface area contributed by atoms with Gasteiger partial charge < -0.3 is 15.7 Å². The first-order valence-corrected chi connectivity index (χ1v) is 7.18. The van der Waals surface area contributed by atoms with Crippen LogP contribution in [0.2, 0.25) is 10.0 Å². The van der Waals surface area contributed by atoms with E-state index in [-0.39, 0.29) is 11.3 Å². The Balaban J connectivity index is 2.16. The van der Waals surface area contributed by atoms with Crippen LogP contribution in [0, 0.1) is 11.3 Å². The van der Waals surface area contributed by atoms with E-state index in [9.17, 15) is 9.90 Å². The minimum absolute atomic E-state index is 0.000617. The lowest BCUT2D eigenvalue weighted by molar-refractivity contribution is -0.112. The molecular formula is C16H11Cl2N3O2. The number of anilines is 2. The molecule has 0 saturated heterocycles. The molecule has 0 radical (unpaired) electrons. The number of hydrogen-bond donors (Lipinski definition) is 3. The third-order valence-electron chi connectivity index (χ3n) is 2.82. The second kappa shape index (κ2) is 7.54. The van der Waals surface area contributed by atoms with E-state index in [0.29, 0.717) is 21.4 Å². The number of amides is 1. The molecule has 0 heterocycles. The fraction of sp³-hybridized carbons (Fsp3) is 0. The fourth-order valence-electron chi connectivity index (χ4n) is 1.68. The minimum atomic E-state index is -0.653. The maximum Gasteiger partial charge on any atom is 0.267 e. The zero-order valence-electron chi connectivity index (χ0n) is 11.7. The number of aromatic hydroxyl groups is 1. The molecule has 0 atom stereocenters. The first kappa shape index (κ1) is 16.7. The van der Waals surface area contributed by atoms with Crippen molar-refractivity contribution in [3.05, 3.63) is 64.3 Å². The number of phenols is 1. The molecule has 0 aromatic heterocycles. The third kappa shape index (κ3) is 4.39. The second-order valence-corrected chi connectivity index (χ2v) is 5.25. The molecule has 2 rings (SSSR count). The Bertz CT molecular complexity index is 813. The summed E-state index contributed by atoms with van der Waals surface area (Å²) in [4.78, 5) is 12.1. The largest absolute Gasteiger partial charge is 0.506 e. The van der Waals surface area contributed by atoms with Gasteiger partial charge in [0.1, 0.15) is 17.4 Å². The van der Waals surface area contributed by atoms with E-state index in [4.69, 9.17) is 28.5 Å². The Labute approximate surface area is 142 Å². The van der Waals surface area contributed by atoms with Crippen molar-refractivity contribution < 1.29 is 9.90 Å². The summed E-state index contributed by atoms with van der Waals surface area (Å²) < 4.78 is 0. The molecule has 0 unspecified atom stereocenters. The number of nitriles is 1. The van der Waals surface area contributed by atoms with Gasteiger partial charge in [0.2, 0.25) is 0 Å². The Morgan fingerprint density at radius 2 is 1.91 bits per heavy atom. The van der Waals surface area contributed by atoms with Crippen molar-refractivity contribution in [2.24, 2.45) is 0 Å². The summed E-state index contributed by atoms with van der Waals surface area (Å²) in [6.45, 7) is 0. The highest BCUT2D eigenvalue weighted by atomic mass is 35.5. The molecule has 2 aromatic carbocycles. The molecule has 3 N–H and O–H groups in total. The van der Waals surface area contributed by atoms with Crippen molar-refractivity contribution in [3.63, 3.8) is 0 Å². The Kier molecular flexibility index (Phi) is 5.47. The number of nitrogens with zero attached hydrogens (tertiary/aromatic N) is 1. The van der Waals surface area contributed by atoms with Gasteiger partial charge >= 0.3 is 0 Å². The lowest BCUT2D eigenvalue weighted by atomic mass is 10.2. The van der Waals surface area contributed by atoms with Crippen LogP contribution in [0.1, 0.15) is 0 Å². The van der Waals surface area contributed by atoms with Crippen molar-refractivity contribution in [2.75, 3.05) is 10.6 Å². The third-order valence-corrected chi connectivity index (χ3v) is 3.38. The van der Waals surface area contributed by atoms with Gasteiger partial charge in [-0.05, 0) is 30.3 Å². The average Bonchev–Trinajstić information content (AvgIpc) is 2.53. The summed E-state index contributed by atoms with van der Waals surface area (Å²) >= 11 is 11.8. The van der Waals surface area contributed by atoms with Crippen LogP contribution in [0.5, 0.6) is 5.75 Å². The number of carbonyl (C=O) groups is 1. The number of phenolic OH excluding ortho intramolecular Hbond substituents is 1. The van der Waals surface area contributed by atoms with Gasteiger partial charge in [0.15, 0.2) is 0 Å². The predicted octanol–water partition coefficient (Wildman–Crippen LogP) is 4.16. The summed E-state index contributed by atoms with van der Waals surface area (Å²) in [6.07, 6.45) is 1.20. The first-order chi connectivity index (χ1) is 11.0. The lowest BCUT2D eigenvalue weighted by Crippen LogP contribution is -2.14. The molecule has 0 bridgehead atoms. The second-order valence-electron chi connectivity index (χ2n) is 4.41. The van der Waals surface area contributed by atoms with Crippen molar-refractivity contribution in [1.82, 2.24) is 0 Å². The van der Waals surface area contributed by atoms with Gasteiger partial charge in [0.25, 0.3) is 5.91 Å².